The lowest BCUT2D eigenvalue weighted by Crippen LogP contribution is -2.41. The number of carbonyl (C=O) groups excluding carboxylic acids is 1. The zero-order valence-electron chi connectivity index (χ0n) is 11.8. The van der Waals surface area contributed by atoms with Crippen LogP contribution < -0.4 is 11.2 Å². The van der Waals surface area contributed by atoms with Gasteiger partial charge in [0.05, 0.1) is 5.92 Å². The van der Waals surface area contributed by atoms with Gasteiger partial charge in [-0.2, -0.15) is 0 Å². The number of aryl methyl sites for hydroxylation is 2. The molecule has 2 atom stereocenters. The quantitative estimate of drug-likeness (QED) is 0.858. The van der Waals surface area contributed by atoms with Crippen LogP contribution in [0.3, 0.4) is 0 Å². The lowest BCUT2D eigenvalue weighted by Gasteiger charge is -2.23. The largest absolute Gasteiger partial charge is 0.369 e. The van der Waals surface area contributed by atoms with Gasteiger partial charge in [0.15, 0.2) is 11.6 Å². The zero-order chi connectivity index (χ0) is 14.3. The van der Waals surface area contributed by atoms with E-state index in [0.717, 1.165) is 24.8 Å². The Bertz CT molecular complexity index is 577. The molecule has 1 aromatic rings. The molecule has 0 aromatic heterocycles. The maximum Gasteiger partial charge on any atom is 0.225 e. The number of primary amides is 1. The van der Waals surface area contributed by atoms with Crippen LogP contribution in [-0.4, -0.2) is 17.5 Å². The Kier molecular flexibility index (Phi) is 3.01. The van der Waals surface area contributed by atoms with Crippen molar-refractivity contribution < 1.29 is 9.63 Å². The van der Waals surface area contributed by atoms with Crippen LogP contribution in [0.4, 0.5) is 0 Å². The van der Waals surface area contributed by atoms with Crippen molar-refractivity contribution in [1.29, 1.82) is 0 Å². The predicted molar refractivity (Wildman–Crippen MR) is 75.9 cm³/mol. The molecular weight excluding hydrogens is 254 g/mol. The van der Waals surface area contributed by atoms with Crippen molar-refractivity contribution >= 4 is 11.7 Å². The standard InChI is InChI=1S/C15H19N3O2/c1-9-6-10(2)8-11(7-9)14-17-15(20-18-14)5-3-4-12(15)13(16)19/h6-8,12H,3-5H2,1-2H3,(H2,16,19)(H,17,18). The number of hydrogen-bond acceptors (Lipinski definition) is 4. The first-order valence-corrected chi connectivity index (χ1v) is 6.92. The van der Waals surface area contributed by atoms with Gasteiger partial charge in [0.25, 0.3) is 0 Å². The first-order valence-electron chi connectivity index (χ1n) is 6.92. The van der Waals surface area contributed by atoms with Crippen molar-refractivity contribution in [3.63, 3.8) is 0 Å². The van der Waals surface area contributed by atoms with Crippen molar-refractivity contribution in [3.8, 4) is 0 Å². The number of nitrogens with zero attached hydrogens (tertiary/aromatic N) is 1. The van der Waals surface area contributed by atoms with Gasteiger partial charge in [-0.05, 0) is 38.8 Å². The minimum Gasteiger partial charge on any atom is -0.369 e. The average Bonchev–Trinajstić information content (AvgIpc) is 2.96. The normalized spacial score (nSPS) is 28.5. The highest BCUT2D eigenvalue weighted by atomic mass is 16.7. The number of amides is 1. The Hall–Kier alpha value is -1.88. The Morgan fingerprint density at radius 1 is 1.40 bits per heavy atom. The maximum atomic E-state index is 11.6. The van der Waals surface area contributed by atoms with Gasteiger partial charge >= 0.3 is 0 Å². The summed E-state index contributed by atoms with van der Waals surface area (Å²) >= 11 is 0. The summed E-state index contributed by atoms with van der Waals surface area (Å²) in [4.78, 5) is 21.9. The summed E-state index contributed by atoms with van der Waals surface area (Å²) in [5.41, 5.74) is 10.9. The lowest BCUT2D eigenvalue weighted by molar-refractivity contribution is -0.135. The molecule has 1 aliphatic heterocycles. The third kappa shape index (κ3) is 2.08. The average molecular weight is 273 g/mol. The van der Waals surface area contributed by atoms with Crippen molar-refractivity contribution in [2.75, 3.05) is 0 Å². The molecular formula is C15H19N3O2. The zero-order valence-corrected chi connectivity index (χ0v) is 11.8. The number of nitrogens with two attached hydrogens (primary N) is 1. The molecule has 1 saturated carbocycles. The van der Waals surface area contributed by atoms with E-state index in [1.54, 1.807) is 0 Å². The fraction of sp³-hybridized carbons (Fsp3) is 0.467. The summed E-state index contributed by atoms with van der Waals surface area (Å²) < 4.78 is 0. The van der Waals surface area contributed by atoms with E-state index in [0.29, 0.717) is 5.84 Å². The summed E-state index contributed by atoms with van der Waals surface area (Å²) in [5.74, 6) is -0.00178. The highest BCUT2D eigenvalue weighted by Crippen LogP contribution is 2.41. The fourth-order valence-corrected chi connectivity index (χ4v) is 3.19. The van der Waals surface area contributed by atoms with E-state index in [2.05, 4.69) is 28.7 Å². The molecule has 1 fully saturated rings. The van der Waals surface area contributed by atoms with Crippen molar-refractivity contribution in [2.45, 2.75) is 38.8 Å². The molecule has 20 heavy (non-hydrogen) atoms. The molecule has 0 saturated heterocycles. The molecule has 5 nitrogen and oxygen atoms in total. The Labute approximate surface area is 118 Å². The number of aliphatic imine (C=N–C) groups is 1. The van der Waals surface area contributed by atoms with E-state index in [-0.39, 0.29) is 11.8 Å². The van der Waals surface area contributed by atoms with Crippen LogP contribution in [0.5, 0.6) is 0 Å². The molecule has 1 heterocycles. The van der Waals surface area contributed by atoms with E-state index in [9.17, 15) is 4.79 Å². The Morgan fingerprint density at radius 2 is 2.10 bits per heavy atom. The highest BCUT2D eigenvalue weighted by Gasteiger charge is 2.51. The van der Waals surface area contributed by atoms with Gasteiger partial charge in [0, 0.05) is 12.0 Å². The van der Waals surface area contributed by atoms with E-state index < -0.39 is 5.72 Å². The van der Waals surface area contributed by atoms with E-state index in [1.807, 2.05) is 13.8 Å². The van der Waals surface area contributed by atoms with Crippen LogP contribution in [0.2, 0.25) is 0 Å². The molecule has 5 heteroatoms. The van der Waals surface area contributed by atoms with Crippen molar-refractivity contribution in [3.05, 3.63) is 34.9 Å². The number of amidine groups is 1. The van der Waals surface area contributed by atoms with Crippen LogP contribution in [0.25, 0.3) is 0 Å². The van der Waals surface area contributed by atoms with Crippen molar-refractivity contribution in [2.24, 2.45) is 16.6 Å². The number of hydrogen-bond donors (Lipinski definition) is 2. The van der Waals surface area contributed by atoms with Gasteiger partial charge in [-0.15, -0.1) is 0 Å². The molecule has 1 spiro atoms. The smallest absolute Gasteiger partial charge is 0.225 e. The summed E-state index contributed by atoms with van der Waals surface area (Å²) in [7, 11) is 0. The van der Waals surface area contributed by atoms with Crippen LogP contribution in [0, 0.1) is 19.8 Å². The molecule has 1 amide bonds. The minimum atomic E-state index is -0.807. The van der Waals surface area contributed by atoms with Gasteiger partial charge in [-0.3, -0.25) is 4.79 Å². The van der Waals surface area contributed by atoms with Crippen LogP contribution in [-0.2, 0) is 9.63 Å². The number of nitrogens with one attached hydrogen (secondary N) is 1. The first-order chi connectivity index (χ1) is 9.50. The molecule has 1 aliphatic carbocycles. The second-order valence-electron chi connectivity index (χ2n) is 5.73. The monoisotopic (exact) mass is 273 g/mol. The van der Waals surface area contributed by atoms with Gasteiger partial charge in [-0.25, -0.2) is 15.3 Å². The van der Waals surface area contributed by atoms with Crippen molar-refractivity contribution in [1.82, 2.24) is 5.48 Å². The van der Waals surface area contributed by atoms with Gasteiger partial charge in [0.2, 0.25) is 5.91 Å². The minimum absolute atomic E-state index is 0.338. The molecule has 106 valence electrons. The third-order valence-corrected chi connectivity index (χ3v) is 4.04. The second-order valence-corrected chi connectivity index (χ2v) is 5.73. The van der Waals surface area contributed by atoms with Crippen LogP contribution in [0.15, 0.2) is 23.2 Å². The van der Waals surface area contributed by atoms with Gasteiger partial charge in [-0.1, -0.05) is 17.2 Å². The summed E-state index contributed by atoms with van der Waals surface area (Å²) in [6, 6.07) is 6.21. The summed E-state index contributed by atoms with van der Waals surface area (Å²) in [6.07, 6.45) is 2.36. The molecule has 2 unspecified atom stereocenters. The molecule has 0 radical (unpaired) electrons. The summed E-state index contributed by atoms with van der Waals surface area (Å²) in [5, 5.41) is 0. The number of rotatable bonds is 2. The Balaban J connectivity index is 1.97. The molecule has 3 rings (SSSR count). The van der Waals surface area contributed by atoms with E-state index in [1.165, 1.54) is 11.1 Å². The predicted octanol–water partition coefficient (Wildman–Crippen LogP) is 1.57. The molecule has 1 aromatic carbocycles. The number of hydroxylamine groups is 1. The first kappa shape index (κ1) is 13.1. The highest BCUT2D eigenvalue weighted by molar-refractivity contribution is 5.99. The van der Waals surface area contributed by atoms with Crippen LogP contribution in [0.1, 0.15) is 36.0 Å². The van der Waals surface area contributed by atoms with E-state index in [4.69, 9.17) is 10.6 Å². The fourth-order valence-electron chi connectivity index (χ4n) is 3.19. The summed E-state index contributed by atoms with van der Waals surface area (Å²) in [6.45, 7) is 4.09. The Morgan fingerprint density at radius 3 is 2.75 bits per heavy atom. The van der Waals surface area contributed by atoms with Crippen LogP contribution >= 0.6 is 0 Å². The molecule has 2 aliphatic rings. The topological polar surface area (TPSA) is 76.7 Å². The maximum absolute atomic E-state index is 11.6. The SMILES string of the molecule is Cc1cc(C)cc(C2=NC3(CCCC3C(N)=O)ON2)c1. The second kappa shape index (κ2) is 4.59. The van der Waals surface area contributed by atoms with Gasteiger partial charge in [0.1, 0.15) is 0 Å². The van der Waals surface area contributed by atoms with Gasteiger partial charge < -0.3 is 5.73 Å². The third-order valence-electron chi connectivity index (χ3n) is 4.04. The number of carbonyl (C=O) groups is 1. The lowest BCUT2D eigenvalue weighted by atomic mass is 9.99. The molecule has 3 N–H and O–H groups in total. The van der Waals surface area contributed by atoms with E-state index >= 15 is 0 Å². The number of benzene rings is 1. The molecule has 0 bridgehead atoms.